The Morgan fingerprint density at radius 1 is 1.56 bits per heavy atom. The van der Waals surface area contributed by atoms with Gasteiger partial charge in [-0.2, -0.15) is 0 Å². The van der Waals surface area contributed by atoms with Gasteiger partial charge in [0.05, 0.1) is 12.5 Å². The maximum absolute atomic E-state index is 11.6. The second-order valence-electron chi connectivity index (χ2n) is 3.06. The zero-order valence-electron chi connectivity index (χ0n) is 9.99. The van der Waals surface area contributed by atoms with Gasteiger partial charge in [0, 0.05) is 13.6 Å². The molecule has 0 radical (unpaired) electrons. The summed E-state index contributed by atoms with van der Waals surface area (Å²) < 4.78 is 4.87. The first kappa shape index (κ1) is 14.2. The Morgan fingerprint density at radius 2 is 2.25 bits per heavy atom. The molecular formula is C12H18N2O2. The molecule has 0 saturated heterocycles. The highest BCUT2D eigenvalue weighted by Gasteiger charge is 2.05. The Hall–Kier alpha value is -1.84. The van der Waals surface area contributed by atoms with Gasteiger partial charge in [-0.25, -0.2) is 0 Å². The lowest BCUT2D eigenvalue weighted by Gasteiger charge is -2.04. The minimum Gasteiger partial charge on any atom is -0.473 e. The minimum absolute atomic E-state index is 0.202. The zero-order chi connectivity index (χ0) is 12.4. The van der Waals surface area contributed by atoms with E-state index in [-0.39, 0.29) is 5.91 Å². The second-order valence-corrected chi connectivity index (χ2v) is 3.06. The Morgan fingerprint density at radius 3 is 2.75 bits per heavy atom. The molecule has 16 heavy (non-hydrogen) atoms. The van der Waals surface area contributed by atoms with E-state index < -0.39 is 0 Å². The summed E-state index contributed by atoms with van der Waals surface area (Å²) in [5.41, 5.74) is 1.30. The average molecular weight is 222 g/mol. The first-order valence-electron chi connectivity index (χ1n) is 4.95. The van der Waals surface area contributed by atoms with Crippen LogP contribution in [0.25, 0.3) is 0 Å². The number of rotatable bonds is 6. The number of nitrogens with zero attached hydrogens (tertiary/aromatic N) is 1. The summed E-state index contributed by atoms with van der Waals surface area (Å²) >= 11 is 0. The number of hydrogen-bond donors (Lipinski definition) is 1. The second kappa shape index (κ2) is 8.47. The van der Waals surface area contributed by atoms with Crippen molar-refractivity contribution in [1.29, 1.82) is 0 Å². The molecule has 0 rings (SSSR count). The van der Waals surface area contributed by atoms with Crippen LogP contribution in [0.15, 0.2) is 41.8 Å². The molecule has 0 aromatic carbocycles. The molecule has 0 aliphatic heterocycles. The van der Waals surface area contributed by atoms with Gasteiger partial charge >= 0.3 is 0 Å². The van der Waals surface area contributed by atoms with Crippen LogP contribution >= 0.6 is 0 Å². The summed E-state index contributed by atoms with van der Waals surface area (Å²) in [5.74, 6) is -0.202. The first-order chi connectivity index (χ1) is 7.65. The van der Waals surface area contributed by atoms with E-state index in [1.165, 1.54) is 12.5 Å². The summed E-state index contributed by atoms with van der Waals surface area (Å²) in [6.07, 6.45) is 6.29. The number of ether oxygens (including phenoxy) is 1. The van der Waals surface area contributed by atoms with Crippen LogP contribution < -0.4 is 5.32 Å². The molecule has 0 heterocycles. The highest BCUT2D eigenvalue weighted by atomic mass is 16.5. The molecule has 0 aromatic heterocycles. The Kier molecular flexibility index (Phi) is 7.49. The van der Waals surface area contributed by atoms with E-state index in [0.717, 1.165) is 5.57 Å². The van der Waals surface area contributed by atoms with Crippen LogP contribution in [0.4, 0.5) is 0 Å². The summed E-state index contributed by atoms with van der Waals surface area (Å²) in [7, 11) is 1.58. The number of allylic oxidation sites excluding steroid dienone is 1. The van der Waals surface area contributed by atoms with E-state index in [9.17, 15) is 4.79 Å². The summed E-state index contributed by atoms with van der Waals surface area (Å²) in [4.78, 5) is 15.4. The lowest BCUT2D eigenvalue weighted by Crippen LogP contribution is -2.31. The number of aliphatic imine (C=N–C) groups is 1. The molecule has 0 fully saturated rings. The molecular weight excluding hydrogens is 204 g/mol. The minimum atomic E-state index is -0.202. The summed E-state index contributed by atoms with van der Waals surface area (Å²) in [6.45, 7) is 7.52. The molecule has 0 spiro atoms. The van der Waals surface area contributed by atoms with Gasteiger partial charge in [-0.3, -0.25) is 9.79 Å². The number of hydrogen-bond acceptors (Lipinski definition) is 3. The van der Waals surface area contributed by atoms with Gasteiger partial charge in [0.25, 0.3) is 5.91 Å². The van der Waals surface area contributed by atoms with Crippen molar-refractivity contribution in [2.75, 3.05) is 13.6 Å². The Labute approximate surface area is 96.4 Å². The van der Waals surface area contributed by atoms with Crippen LogP contribution in [0.1, 0.15) is 13.8 Å². The fourth-order valence-corrected chi connectivity index (χ4v) is 0.926. The molecule has 0 unspecified atom stereocenters. The van der Waals surface area contributed by atoms with Gasteiger partial charge in [-0.1, -0.05) is 12.7 Å². The van der Waals surface area contributed by atoms with E-state index in [2.05, 4.69) is 16.9 Å². The fourth-order valence-electron chi connectivity index (χ4n) is 0.926. The molecule has 0 aliphatic rings. The fraction of sp³-hybridized carbons (Fsp3) is 0.333. The highest BCUT2D eigenvalue weighted by molar-refractivity contribution is 6.43. The monoisotopic (exact) mass is 222 g/mol. The molecule has 88 valence electrons. The van der Waals surface area contributed by atoms with Gasteiger partial charge in [-0.15, -0.1) is 0 Å². The van der Waals surface area contributed by atoms with E-state index in [4.69, 9.17) is 4.74 Å². The number of carbonyl (C=O) groups excluding carboxylic acids is 1. The van der Waals surface area contributed by atoms with E-state index in [1.807, 2.05) is 13.8 Å². The van der Waals surface area contributed by atoms with Crippen LogP contribution in [-0.2, 0) is 9.53 Å². The topological polar surface area (TPSA) is 50.7 Å². The third kappa shape index (κ3) is 5.80. The molecule has 1 amide bonds. The van der Waals surface area contributed by atoms with Gasteiger partial charge in [0.1, 0.15) is 5.71 Å². The van der Waals surface area contributed by atoms with Gasteiger partial charge in [-0.05, 0) is 25.5 Å². The SMILES string of the molecule is C=CO/C=C(\C)CNC(=O)C(/C=C\C)=NC. The Bertz CT molecular complexity index is 328. The van der Waals surface area contributed by atoms with Crippen molar-refractivity contribution >= 4 is 11.6 Å². The molecule has 0 atom stereocenters. The maximum atomic E-state index is 11.6. The standard InChI is InChI=1S/C12H18N2O2/c1-5-7-11(13-4)12(15)14-8-10(3)9-16-6-2/h5-7,9H,2,8H2,1,3-4H3,(H,14,15)/b7-5-,10-9+,13-11?. The lowest BCUT2D eigenvalue weighted by molar-refractivity contribution is -0.114. The summed E-state index contributed by atoms with van der Waals surface area (Å²) in [6, 6.07) is 0. The molecule has 0 aliphatic carbocycles. The van der Waals surface area contributed by atoms with Crippen LogP contribution in [0, 0.1) is 0 Å². The molecule has 0 aromatic rings. The third-order valence-electron chi connectivity index (χ3n) is 1.69. The number of amides is 1. The first-order valence-corrected chi connectivity index (χ1v) is 4.95. The normalized spacial score (nSPS) is 12.7. The van der Waals surface area contributed by atoms with Crippen molar-refractivity contribution in [3.05, 3.63) is 36.8 Å². The highest BCUT2D eigenvalue weighted by Crippen LogP contribution is 1.92. The molecule has 4 heteroatoms. The van der Waals surface area contributed by atoms with Crippen LogP contribution in [0.5, 0.6) is 0 Å². The van der Waals surface area contributed by atoms with E-state index in [0.29, 0.717) is 12.3 Å². The van der Waals surface area contributed by atoms with Crippen molar-refractivity contribution in [2.24, 2.45) is 4.99 Å². The molecule has 1 N–H and O–H groups in total. The van der Waals surface area contributed by atoms with Crippen LogP contribution in [-0.4, -0.2) is 25.2 Å². The largest absolute Gasteiger partial charge is 0.473 e. The molecule has 4 nitrogen and oxygen atoms in total. The number of carbonyl (C=O) groups is 1. The van der Waals surface area contributed by atoms with Gasteiger partial charge in [0.15, 0.2) is 0 Å². The van der Waals surface area contributed by atoms with Crippen molar-refractivity contribution in [3.63, 3.8) is 0 Å². The predicted molar refractivity (Wildman–Crippen MR) is 66.2 cm³/mol. The van der Waals surface area contributed by atoms with Crippen LogP contribution in [0.3, 0.4) is 0 Å². The van der Waals surface area contributed by atoms with Crippen molar-refractivity contribution in [1.82, 2.24) is 5.32 Å². The predicted octanol–water partition coefficient (Wildman–Crippen LogP) is 1.81. The molecule has 0 bridgehead atoms. The van der Waals surface area contributed by atoms with Crippen molar-refractivity contribution in [2.45, 2.75) is 13.8 Å². The van der Waals surface area contributed by atoms with E-state index in [1.54, 1.807) is 19.2 Å². The third-order valence-corrected chi connectivity index (χ3v) is 1.69. The Balaban J connectivity index is 4.21. The lowest BCUT2D eigenvalue weighted by atomic mass is 10.3. The van der Waals surface area contributed by atoms with Crippen molar-refractivity contribution < 1.29 is 9.53 Å². The average Bonchev–Trinajstić information content (AvgIpc) is 2.30. The van der Waals surface area contributed by atoms with Crippen LogP contribution in [0.2, 0.25) is 0 Å². The maximum Gasteiger partial charge on any atom is 0.269 e. The summed E-state index contributed by atoms with van der Waals surface area (Å²) in [5, 5.41) is 2.72. The number of nitrogens with one attached hydrogen (secondary N) is 1. The quantitative estimate of drug-likeness (QED) is 0.550. The van der Waals surface area contributed by atoms with E-state index >= 15 is 0 Å². The van der Waals surface area contributed by atoms with Gasteiger partial charge < -0.3 is 10.1 Å². The van der Waals surface area contributed by atoms with Crippen molar-refractivity contribution in [3.8, 4) is 0 Å². The van der Waals surface area contributed by atoms with Gasteiger partial charge in [0.2, 0.25) is 0 Å². The smallest absolute Gasteiger partial charge is 0.269 e. The zero-order valence-corrected chi connectivity index (χ0v) is 9.99. The molecule has 0 saturated carbocycles.